The lowest BCUT2D eigenvalue weighted by atomic mass is 9.58. The first-order valence-electron chi connectivity index (χ1n) is 8.31. The van der Waals surface area contributed by atoms with Gasteiger partial charge in [0.1, 0.15) is 5.54 Å². The van der Waals surface area contributed by atoms with E-state index in [4.69, 9.17) is 10.7 Å². The molecule has 25 heavy (non-hydrogen) atoms. The van der Waals surface area contributed by atoms with Crippen molar-refractivity contribution in [2.45, 2.75) is 25.8 Å². The normalized spacial score (nSPS) is 29.4. The van der Waals surface area contributed by atoms with Crippen LogP contribution < -0.4 is 5.73 Å². The first-order valence-corrected chi connectivity index (χ1v) is 9.30. The van der Waals surface area contributed by atoms with Gasteiger partial charge in [-0.2, -0.15) is 0 Å². The third-order valence-corrected chi connectivity index (χ3v) is 5.95. The fourth-order valence-electron chi connectivity index (χ4n) is 3.87. The van der Waals surface area contributed by atoms with Gasteiger partial charge in [-0.1, -0.05) is 62.1 Å². The molecule has 0 aromatic heterocycles. The van der Waals surface area contributed by atoms with Gasteiger partial charge >= 0.3 is 0 Å². The number of nitrogens with two attached hydrogens (primary N) is 1. The molecular formula is C19H23N3O2S. The van der Waals surface area contributed by atoms with Gasteiger partial charge in [-0.15, -0.1) is 6.58 Å². The Kier molecular flexibility index (Phi) is 4.49. The van der Waals surface area contributed by atoms with Gasteiger partial charge in [0.25, 0.3) is 0 Å². The molecule has 0 radical (unpaired) electrons. The van der Waals surface area contributed by atoms with Crippen molar-refractivity contribution in [1.82, 2.24) is 4.90 Å². The van der Waals surface area contributed by atoms with Gasteiger partial charge in [-0.05, 0) is 17.4 Å². The molecule has 2 aliphatic carbocycles. The Bertz CT molecular complexity index is 748. The zero-order valence-electron chi connectivity index (χ0n) is 14.6. The van der Waals surface area contributed by atoms with Crippen molar-refractivity contribution in [3.63, 3.8) is 0 Å². The Balaban J connectivity index is 2.16. The van der Waals surface area contributed by atoms with Crippen LogP contribution in [0.5, 0.6) is 0 Å². The van der Waals surface area contributed by atoms with Gasteiger partial charge in [0.15, 0.2) is 5.17 Å². The SMILES string of the molecule is C=CCN1C(=O)C2C(C)(C)CC=C3C=CC=CC32N=C1SCC(N)=O. The van der Waals surface area contributed by atoms with E-state index in [-0.39, 0.29) is 23.0 Å². The van der Waals surface area contributed by atoms with Gasteiger partial charge in [0.05, 0.1) is 11.7 Å². The molecule has 2 unspecified atom stereocenters. The molecule has 0 aromatic carbocycles. The van der Waals surface area contributed by atoms with E-state index in [0.29, 0.717) is 11.7 Å². The van der Waals surface area contributed by atoms with Gasteiger partial charge in [-0.3, -0.25) is 14.5 Å². The van der Waals surface area contributed by atoms with Gasteiger partial charge in [-0.25, -0.2) is 4.99 Å². The lowest BCUT2D eigenvalue weighted by Crippen LogP contribution is -2.60. The largest absolute Gasteiger partial charge is 0.369 e. The number of allylic oxidation sites excluding steroid dienone is 3. The van der Waals surface area contributed by atoms with Crippen LogP contribution in [0.3, 0.4) is 0 Å². The number of nitrogens with zero attached hydrogens (tertiary/aromatic N) is 2. The summed E-state index contributed by atoms with van der Waals surface area (Å²) >= 11 is 1.21. The topological polar surface area (TPSA) is 75.8 Å². The molecule has 1 heterocycles. The van der Waals surface area contributed by atoms with Gasteiger partial charge < -0.3 is 5.73 Å². The maximum atomic E-state index is 13.5. The molecule has 0 saturated heterocycles. The number of hydrogen-bond donors (Lipinski definition) is 1. The molecule has 5 nitrogen and oxygen atoms in total. The molecule has 0 bridgehead atoms. The minimum atomic E-state index is -0.703. The van der Waals surface area contributed by atoms with Crippen LogP contribution in [-0.4, -0.2) is 39.7 Å². The standard InChI is InChI=1S/C19H23N3O2S/c1-4-11-22-16(24)15-18(2,3)10-8-13-7-5-6-9-19(13,15)21-17(22)25-12-14(20)23/h4-9,15H,1,10-12H2,2-3H3,(H2,20,23). The summed E-state index contributed by atoms with van der Waals surface area (Å²) in [5, 5.41) is 0.531. The highest BCUT2D eigenvalue weighted by molar-refractivity contribution is 8.14. The Morgan fingerprint density at radius 3 is 2.96 bits per heavy atom. The molecule has 6 heteroatoms. The third kappa shape index (κ3) is 2.88. The highest BCUT2D eigenvalue weighted by Gasteiger charge is 2.57. The van der Waals surface area contributed by atoms with E-state index in [1.54, 1.807) is 11.0 Å². The fraction of sp³-hybridized carbons (Fsp3) is 0.421. The lowest BCUT2D eigenvalue weighted by Gasteiger charge is -2.52. The monoisotopic (exact) mass is 357 g/mol. The third-order valence-electron chi connectivity index (χ3n) is 4.95. The molecule has 3 aliphatic rings. The smallest absolute Gasteiger partial charge is 0.235 e. The number of hydrogen-bond acceptors (Lipinski definition) is 4. The zero-order valence-corrected chi connectivity index (χ0v) is 15.4. The average molecular weight is 357 g/mol. The summed E-state index contributed by atoms with van der Waals surface area (Å²) in [4.78, 5) is 31.3. The Morgan fingerprint density at radius 1 is 1.52 bits per heavy atom. The van der Waals surface area contributed by atoms with E-state index in [1.807, 2.05) is 24.3 Å². The summed E-state index contributed by atoms with van der Waals surface area (Å²) in [7, 11) is 0. The fourth-order valence-corrected chi connectivity index (χ4v) is 4.68. The van der Waals surface area contributed by atoms with E-state index in [0.717, 1.165) is 12.0 Å². The van der Waals surface area contributed by atoms with Gasteiger partial charge in [0, 0.05) is 6.54 Å². The summed E-state index contributed by atoms with van der Waals surface area (Å²) < 4.78 is 0. The second-order valence-electron chi connectivity index (χ2n) is 7.22. The van der Waals surface area contributed by atoms with Crippen molar-refractivity contribution in [2.24, 2.45) is 22.1 Å². The molecule has 1 spiro atoms. The lowest BCUT2D eigenvalue weighted by molar-refractivity contribution is -0.138. The van der Waals surface area contributed by atoms with Crippen LogP contribution in [0.2, 0.25) is 0 Å². The van der Waals surface area contributed by atoms with Crippen LogP contribution in [0.4, 0.5) is 0 Å². The quantitative estimate of drug-likeness (QED) is 0.785. The number of amides is 2. The molecule has 132 valence electrons. The number of rotatable bonds is 4. The maximum absolute atomic E-state index is 13.5. The van der Waals surface area contributed by atoms with Crippen molar-refractivity contribution in [3.8, 4) is 0 Å². The molecule has 1 aliphatic heterocycles. The average Bonchev–Trinajstić information content (AvgIpc) is 2.54. The molecule has 2 atom stereocenters. The molecule has 0 saturated carbocycles. The molecule has 3 rings (SSSR count). The van der Waals surface area contributed by atoms with E-state index in [2.05, 4.69) is 26.5 Å². The van der Waals surface area contributed by atoms with E-state index < -0.39 is 11.4 Å². The van der Waals surface area contributed by atoms with E-state index >= 15 is 0 Å². The van der Waals surface area contributed by atoms with Crippen molar-refractivity contribution in [1.29, 1.82) is 0 Å². The zero-order chi connectivity index (χ0) is 18.2. The van der Waals surface area contributed by atoms with E-state index in [1.165, 1.54) is 11.8 Å². The van der Waals surface area contributed by atoms with E-state index in [9.17, 15) is 9.59 Å². The molecule has 0 fully saturated rings. The Morgan fingerprint density at radius 2 is 2.28 bits per heavy atom. The number of aliphatic imine (C=N–C) groups is 1. The predicted molar refractivity (Wildman–Crippen MR) is 102 cm³/mol. The van der Waals surface area contributed by atoms with Crippen molar-refractivity contribution in [3.05, 3.63) is 48.6 Å². The number of amidine groups is 1. The highest BCUT2D eigenvalue weighted by Crippen LogP contribution is 2.53. The maximum Gasteiger partial charge on any atom is 0.235 e. The van der Waals surface area contributed by atoms with Crippen LogP contribution in [0.25, 0.3) is 0 Å². The first-order chi connectivity index (χ1) is 11.8. The first kappa shape index (κ1) is 17.7. The number of carbonyl (C=O) groups excluding carboxylic acids is 2. The summed E-state index contributed by atoms with van der Waals surface area (Å²) in [6.07, 6.45) is 12.6. The van der Waals surface area contributed by atoms with Crippen LogP contribution in [0.15, 0.2) is 53.6 Å². The van der Waals surface area contributed by atoms with Crippen LogP contribution in [-0.2, 0) is 9.59 Å². The summed E-state index contributed by atoms with van der Waals surface area (Å²) in [6, 6.07) is 0. The second kappa shape index (κ2) is 6.33. The van der Waals surface area contributed by atoms with Crippen molar-refractivity contribution in [2.75, 3.05) is 12.3 Å². The van der Waals surface area contributed by atoms with Crippen molar-refractivity contribution >= 4 is 28.7 Å². The predicted octanol–water partition coefficient (Wildman–Crippen LogP) is 2.43. The highest BCUT2D eigenvalue weighted by atomic mass is 32.2. The minimum Gasteiger partial charge on any atom is -0.369 e. The van der Waals surface area contributed by atoms with Crippen molar-refractivity contribution < 1.29 is 9.59 Å². The molecule has 0 aromatic rings. The molecular weight excluding hydrogens is 334 g/mol. The summed E-state index contributed by atoms with van der Waals surface area (Å²) in [6.45, 7) is 8.34. The Labute approximate surface area is 152 Å². The molecule has 2 N–H and O–H groups in total. The van der Waals surface area contributed by atoms with Crippen LogP contribution in [0, 0.1) is 11.3 Å². The minimum absolute atomic E-state index is 0.0254. The summed E-state index contributed by atoms with van der Waals surface area (Å²) in [5.74, 6) is -0.615. The van der Waals surface area contributed by atoms with Crippen LogP contribution >= 0.6 is 11.8 Å². The number of primary amides is 1. The number of thioether (sulfide) groups is 1. The molecule has 2 amide bonds. The summed E-state index contributed by atoms with van der Waals surface area (Å²) in [5.41, 5.74) is 5.41. The number of carbonyl (C=O) groups is 2. The second-order valence-corrected chi connectivity index (χ2v) is 8.16. The van der Waals surface area contributed by atoms with Gasteiger partial charge in [0.2, 0.25) is 11.8 Å². The van der Waals surface area contributed by atoms with Crippen LogP contribution in [0.1, 0.15) is 20.3 Å². The Hall–Kier alpha value is -2.08.